The lowest BCUT2D eigenvalue weighted by atomic mass is 10.1. The Morgan fingerprint density at radius 2 is 2.38 bits per heavy atom. The van der Waals surface area contributed by atoms with Crippen LogP contribution in [0.3, 0.4) is 0 Å². The molecule has 4 atom stereocenters. The van der Waals surface area contributed by atoms with Gasteiger partial charge in [0.1, 0.15) is 11.9 Å². The number of thiazole rings is 1. The third-order valence-electron chi connectivity index (χ3n) is 3.70. The first kappa shape index (κ1) is 14.6. The normalized spacial score (nSPS) is 27.3. The number of ether oxygens (including phenoxy) is 1. The summed E-state index contributed by atoms with van der Waals surface area (Å²) in [5, 5.41) is 20.1. The Balaban J connectivity index is 2.02. The molecule has 8 heteroatoms. The Bertz CT molecular complexity index is 713. The number of aryl methyl sites for hydroxylation is 1. The average molecular weight is 311 g/mol. The van der Waals surface area contributed by atoms with Gasteiger partial charge in [-0.1, -0.05) is 18.3 Å². The van der Waals surface area contributed by atoms with E-state index in [1.165, 1.54) is 4.57 Å². The zero-order valence-corrected chi connectivity index (χ0v) is 12.6. The fourth-order valence-corrected chi connectivity index (χ4v) is 3.39. The van der Waals surface area contributed by atoms with Gasteiger partial charge in [-0.2, -0.15) is 0 Å². The van der Waals surface area contributed by atoms with Crippen LogP contribution in [0.2, 0.25) is 0 Å². The average Bonchev–Trinajstić information content (AvgIpc) is 2.97. The van der Waals surface area contributed by atoms with Crippen molar-refractivity contribution in [1.82, 2.24) is 14.5 Å². The van der Waals surface area contributed by atoms with Crippen LogP contribution in [-0.4, -0.2) is 43.1 Å². The number of aliphatic hydroxyl groups excluding tert-OH is 2. The molecule has 1 aliphatic rings. The highest BCUT2D eigenvalue weighted by Crippen LogP contribution is 2.32. The molecule has 2 aromatic heterocycles. The van der Waals surface area contributed by atoms with Crippen molar-refractivity contribution in [2.24, 2.45) is 0 Å². The molecular formula is C13H17N3O4S. The molecule has 1 fully saturated rings. The van der Waals surface area contributed by atoms with Crippen molar-refractivity contribution in [3.63, 3.8) is 0 Å². The summed E-state index contributed by atoms with van der Waals surface area (Å²) < 4.78 is 7.73. The van der Waals surface area contributed by atoms with Crippen molar-refractivity contribution < 1.29 is 14.9 Å². The number of aromatic nitrogens is 3. The molecule has 2 N–H and O–H groups in total. The zero-order valence-electron chi connectivity index (χ0n) is 11.8. The molecule has 21 heavy (non-hydrogen) atoms. The minimum absolute atomic E-state index is 0.249. The molecule has 0 radical (unpaired) electrons. The van der Waals surface area contributed by atoms with Gasteiger partial charge in [0.2, 0.25) is 0 Å². The molecule has 0 bridgehead atoms. The van der Waals surface area contributed by atoms with Gasteiger partial charge in [-0.15, -0.1) is 0 Å². The van der Waals surface area contributed by atoms with E-state index in [0.717, 1.165) is 11.3 Å². The summed E-state index contributed by atoms with van der Waals surface area (Å²) in [6.07, 6.45) is -0.354. The van der Waals surface area contributed by atoms with Gasteiger partial charge in [0, 0.05) is 6.42 Å². The van der Waals surface area contributed by atoms with Gasteiger partial charge in [-0.05, 0) is 13.3 Å². The molecule has 1 aliphatic heterocycles. The van der Waals surface area contributed by atoms with Gasteiger partial charge < -0.3 is 14.9 Å². The molecule has 0 unspecified atom stereocenters. The highest BCUT2D eigenvalue weighted by Gasteiger charge is 2.39. The number of fused-ring (bicyclic) bond motifs is 1. The summed E-state index contributed by atoms with van der Waals surface area (Å²) in [4.78, 5) is 20.3. The van der Waals surface area contributed by atoms with E-state index in [1.807, 2.05) is 6.92 Å². The second-order valence-electron chi connectivity index (χ2n) is 5.19. The van der Waals surface area contributed by atoms with Gasteiger partial charge in [0.05, 0.1) is 23.1 Å². The topological polar surface area (TPSA) is 97.5 Å². The summed E-state index contributed by atoms with van der Waals surface area (Å²) in [7, 11) is 0. The molecule has 0 amide bonds. The second-order valence-corrected chi connectivity index (χ2v) is 6.18. The van der Waals surface area contributed by atoms with E-state index < -0.39 is 24.5 Å². The van der Waals surface area contributed by atoms with Crippen LogP contribution in [0.5, 0.6) is 0 Å². The smallest absolute Gasteiger partial charge is 0.311 e. The van der Waals surface area contributed by atoms with Crippen molar-refractivity contribution in [1.29, 1.82) is 0 Å². The lowest BCUT2D eigenvalue weighted by Gasteiger charge is -2.18. The van der Waals surface area contributed by atoms with E-state index in [9.17, 15) is 15.0 Å². The highest BCUT2D eigenvalue weighted by molar-refractivity contribution is 7.16. The Labute approximate surface area is 124 Å². The molecule has 1 saturated heterocycles. The monoisotopic (exact) mass is 311 g/mol. The van der Waals surface area contributed by atoms with E-state index >= 15 is 0 Å². The SMILES string of the molecule is CC[C@@H](O)[C@@H]1C[C@@H](O)[C@H](n2c(=O)sc3cnc(C)nc32)O1. The van der Waals surface area contributed by atoms with Gasteiger partial charge in [-0.25, -0.2) is 9.97 Å². The first-order chi connectivity index (χ1) is 10.0. The fraction of sp³-hybridized carbons (Fsp3) is 0.615. The Morgan fingerprint density at radius 1 is 1.62 bits per heavy atom. The van der Waals surface area contributed by atoms with Gasteiger partial charge >= 0.3 is 4.87 Å². The highest BCUT2D eigenvalue weighted by atomic mass is 32.1. The molecule has 7 nitrogen and oxygen atoms in total. The Morgan fingerprint density at radius 3 is 3.10 bits per heavy atom. The van der Waals surface area contributed by atoms with E-state index in [-0.39, 0.29) is 4.87 Å². The van der Waals surface area contributed by atoms with Crippen LogP contribution < -0.4 is 4.87 Å². The van der Waals surface area contributed by atoms with Crippen molar-refractivity contribution >= 4 is 21.7 Å². The minimum atomic E-state index is -0.845. The standard InChI is InChI=1S/C13H17N3O4S/c1-3-7(17)9-4-8(18)12(20-9)16-11-10(21-13(16)19)5-14-6(2)15-11/h5,7-9,12,17-18H,3-4H2,1-2H3/t7-,8-,9+,12-/m1/s1. The fourth-order valence-electron chi connectivity index (χ4n) is 2.57. The predicted molar refractivity (Wildman–Crippen MR) is 77.2 cm³/mol. The van der Waals surface area contributed by atoms with E-state index in [2.05, 4.69) is 9.97 Å². The number of rotatable bonds is 3. The quantitative estimate of drug-likeness (QED) is 0.860. The first-order valence-electron chi connectivity index (χ1n) is 6.87. The number of hydrogen-bond acceptors (Lipinski definition) is 7. The van der Waals surface area contributed by atoms with Crippen LogP contribution in [-0.2, 0) is 4.74 Å². The molecule has 3 rings (SSSR count). The number of aliphatic hydroxyl groups is 2. The number of nitrogens with zero attached hydrogens (tertiary/aromatic N) is 3. The van der Waals surface area contributed by atoms with Crippen LogP contribution in [0.4, 0.5) is 0 Å². The van der Waals surface area contributed by atoms with Crippen LogP contribution in [0.1, 0.15) is 31.8 Å². The summed E-state index contributed by atoms with van der Waals surface area (Å²) in [5.74, 6) is 0.548. The van der Waals surface area contributed by atoms with E-state index in [4.69, 9.17) is 4.74 Å². The number of hydrogen-bond donors (Lipinski definition) is 2. The lowest BCUT2D eigenvalue weighted by molar-refractivity contribution is -0.0752. The van der Waals surface area contributed by atoms with Crippen LogP contribution >= 0.6 is 11.3 Å². The molecule has 0 aliphatic carbocycles. The Hall–Kier alpha value is -1.35. The van der Waals surface area contributed by atoms with Crippen LogP contribution in [0, 0.1) is 6.92 Å². The molecule has 3 heterocycles. The second kappa shape index (κ2) is 5.45. The van der Waals surface area contributed by atoms with Gasteiger partial charge in [-0.3, -0.25) is 9.36 Å². The summed E-state index contributed by atoms with van der Waals surface area (Å²) in [6.45, 7) is 3.58. The summed E-state index contributed by atoms with van der Waals surface area (Å²) >= 11 is 1.02. The zero-order chi connectivity index (χ0) is 15.1. The van der Waals surface area contributed by atoms with Crippen LogP contribution in [0.15, 0.2) is 11.0 Å². The van der Waals surface area contributed by atoms with Crippen LogP contribution in [0.25, 0.3) is 10.3 Å². The van der Waals surface area contributed by atoms with Crippen molar-refractivity contribution in [3.8, 4) is 0 Å². The third kappa shape index (κ3) is 2.48. The molecular weight excluding hydrogens is 294 g/mol. The van der Waals surface area contributed by atoms with E-state index in [1.54, 1.807) is 13.1 Å². The van der Waals surface area contributed by atoms with Gasteiger partial charge in [0.25, 0.3) is 0 Å². The third-order valence-corrected chi connectivity index (χ3v) is 4.58. The maximum Gasteiger partial charge on any atom is 0.311 e. The maximum absolute atomic E-state index is 12.2. The maximum atomic E-state index is 12.2. The van der Waals surface area contributed by atoms with Gasteiger partial charge in [0.15, 0.2) is 11.9 Å². The van der Waals surface area contributed by atoms with Crippen molar-refractivity contribution in [3.05, 3.63) is 21.7 Å². The summed E-state index contributed by atoms with van der Waals surface area (Å²) in [6, 6.07) is 0. The molecule has 0 aromatic carbocycles. The Kier molecular flexibility index (Phi) is 3.78. The molecule has 2 aromatic rings. The van der Waals surface area contributed by atoms with Crippen molar-refractivity contribution in [2.75, 3.05) is 0 Å². The predicted octanol–water partition coefficient (Wildman–Crippen LogP) is 0.581. The largest absolute Gasteiger partial charge is 0.390 e. The summed E-state index contributed by atoms with van der Waals surface area (Å²) in [5.41, 5.74) is 0.466. The molecule has 0 saturated carbocycles. The first-order valence-corrected chi connectivity index (χ1v) is 7.69. The minimum Gasteiger partial charge on any atom is -0.390 e. The van der Waals surface area contributed by atoms with E-state index in [0.29, 0.717) is 29.0 Å². The molecule has 0 spiro atoms. The van der Waals surface area contributed by atoms with Crippen molar-refractivity contribution in [2.45, 2.75) is 51.2 Å². The molecule has 114 valence electrons. The lowest BCUT2D eigenvalue weighted by Crippen LogP contribution is -2.28.